The highest BCUT2D eigenvalue weighted by Gasteiger charge is 2.12. The molecule has 2 aromatic carbocycles. The highest BCUT2D eigenvalue weighted by molar-refractivity contribution is 5.92. The van der Waals surface area contributed by atoms with Crippen molar-refractivity contribution in [2.24, 2.45) is 0 Å². The molecule has 5 nitrogen and oxygen atoms in total. The Hall–Kier alpha value is -2.92. The number of hydrogen-bond acceptors (Lipinski definition) is 4. The largest absolute Gasteiger partial charge is 0.423 e. The number of nitrogens with one attached hydrogen (secondary N) is 1. The van der Waals surface area contributed by atoms with Crippen LogP contribution in [0.2, 0.25) is 0 Å². The highest BCUT2D eigenvalue weighted by Crippen LogP contribution is 2.23. The molecule has 0 fully saturated rings. The van der Waals surface area contributed by atoms with Crippen LogP contribution in [0.4, 0.5) is 5.69 Å². The van der Waals surface area contributed by atoms with Gasteiger partial charge in [0.15, 0.2) is 0 Å². The number of benzene rings is 2. The Labute approximate surface area is 158 Å². The summed E-state index contributed by atoms with van der Waals surface area (Å²) in [5, 5.41) is 3.61. The fourth-order valence-corrected chi connectivity index (χ4v) is 3.25. The first kappa shape index (κ1) is 18.9. The van der Waals surface area contributed by atoms with E-state index >= 15 is 0 Å². The SMILES string of the molecule is CCCN(Cc1ccccc1)Cc1cc(=O)oc2cc(NC(C)=O)ccc12. The average molecular weight is 364 g/mol. The fourth-order valence-electron chi connectivity index (χ4n) is 3.25. The van der Waals surface area contributed by atoms with Gasteiger partial charge >= 0.3 is 5.63 Å². The van der Waals surface area contributed by atoms with Gasteiger partial charge in [0, 0.05) is 43.2 Å². The molecule has 1 heterocycles. The number of anilines is 1. The molecule has 27 heavy (non-hydrogen) atoms. The first-order chi connectivity index (χ1) is 13.0. The molecular weight excluding hydrogens is 340 g/mol. The van der Waals surface area contributed by atoms with Crippen LogP contribution >= 0.6 is 0 Å². The second kappa shape index (κ2) is 8.64. The molecule has 0 unspecified atom stereocenters. The van der Waals surface area contributed by atoms with E-state index in [9.17, 15) is 9.59 Å². The quantitative estimate of drug-likeness (QED) is 0.639. The van der Waals surface area contributed by atoms with Crippen molar-refractivity contribution in [3.05, 3.63) is 76.1 Å². The van der Waals surface area contributed by atoms with Gasteiger partial charge in [0.1, 0.15) is 5.58 Å². The number of nitrogens with zero attached hydrogens (tertiary/aromatic N) is 1. The third-order valence-corrected chi connectivity index (χ3v) is 4.33. The van der Waals surface area contributed by atoms with Crippen LogP contribution in [0.25, 0.3) is 11.0 Å². The van der Waals surface area contributed by atoms with Crippen molar-refractivity contribution in [1.82, 2.24) is 4.90 Å². The molecule has 1 N–H and O–H groups in total. The van der Waals surface area contributed by atoms with Crippen molar-refractivity contribution >= 4 is 22.6 Å². The molecule has 0 atom stereocenters. The summed E-state index contributed by atoms with van der Waals surface area (Å²) in [4.78, 5) is 25.7. The molecule has 0 aliphatic carbocycles. The van der Waals surface area contributed by atoms with Crippen LogP contribution in [0.1, 0.15) is 31.4 Å². The Bertz CT molecular complexity index is 980. The molecule has 1 aromatic heterocycles. The van der Waals surface area contributed by atoms with Crippen molar-refractivity contribution in [3.8, 4) is 0 Å². The summed E-state index contributed by atoms with van der Waals surface area (Å²) < 4.78 is 5.36. The van der Waals surface area contributed by atoms with Gasteiger partial charge in [-0.1, -0.05) is 37.3 Å². The maximum Gasteiger partial charge on any atom is 0.336 e. The van der Waals surface area contributed by atoms with Gasteiger partial charge < -0.3 is 9.73 Å². The maximum absolute atomic E-state index is 12.1. The minimum absolute atomic E-state index is 0.162. The second-order valence-electron chi connectivity index (χ2n) is 6.68. The Morgan fingerprint density at radius 3 is 2.56 bits per heavy atom. The zero-order valence-corrected chi connectivity index (χ0v) is 15.7. The second-order valence-corrected chi connectivity index (χ2v) is 6.68. The number of rotatable bonds is 7. The monoisotopic (exact) mass is 364 g/mol. The van der Waals surface area contributed by atoms with Gasteiger partial charge in [-0.2, -0.15) is 0 Å². The zero-order chi connectivity index (χ0) is 19.2. The van der Waals surface area contributed by atoms with Crippen LogP contribution in [0, 0.1) is 0 Å². The maximum atomic E-state index is 12.1. The van der Waals surface area contributed by atoms with E-state index in [0.717, 1.165) is 30.5 Å². The number of carbonyl (C=O) groups excluding carboxylic acids is 1. The first-order valence-electron chi connectivity index (χ1n) is 9.16. The summed E-state index contributed by atoms with van der Waals surface area (Å²) in [5.41, 5.74) is 2.89. The molecule has 140 valence electrons. The third-order valence-electron chi connectivity index (χ3n) is 4.33. The average Bonchev–Trinajstić information content (AvgIpc) is 2.62. The molecule has 0 aliphatic heterocycles. The summed E-state index contributed by atoms with van der Waals surface area (Å²) in [6.07, 6.45) is 1.03. The van der Waals surface area contributed by atoms with Crippen molar-refractivity contribution in [3.63, 3.8) is 0 Å². The molecule has 0 saturated heterocycles. The van der Waals surface area contributed by atoms with Crippen LogP contribution in [0.15, 0.2) is 63.8 Å². The van der Waals surface area contributed by atoms with Crippen molar-refractivity contribution in [2.45, 2.75) is 33.4 Å². The van der Waals surface area contributed by atoms with Gasteiger partial charge in [-0.25, -0.2) is 4.79 Å². The van der Waals surface area contributed by atoms with E-state index in [-0.39, 0.29) is 11.5 Å². The van der Waals surface area contributed by atoms with E-state index < -0.39 is 0 Å². The molecule has 0 spiro atoms. The number of amides is 1. The lowest BCUT2D eigenvalue weighted by Gasteiger charge is -2.22. The molecule has 1 amide bonds. The molecule has 0 bridgehead atoms. The van der Waals surface area contributed by atoms with Crippen LogP contribution in [0.3, 0.4) is 0 Å². The summed E-state index contributed by atoms with van der Waals surface area (Å²) >= 11 is 0. The highest BCUT2D eigenvalue weighted by atomic mass is 16.4. The van der Waals surface area contributed by atoms with E-state index in [1.165, 1.54) is 12.5 Å². The summed E-state index contributed by atoms with van der Waals surface area (Å²) in [6, 6.07) is 17.3. The predicted molar refractivity (Wildman–Crippen MR) is 108 cm³/mol. The Morgan fingerprint density at radius 1 is 1.07 bits per heavy atom. The number of carbonyl (C=O) groups is 1. The minimum atomic E-state index is -0.381. The fraction of sp³-hybridized carbons (Fsp3) is 0.273. The van der Waals surface area contributed by atoms with Gasteiger partial charge in [-0.15, -0.1) is 0 Å². The van der Waals surface area contributed by atoms with Gasteiger partial charge in [-0.3, -0.25) is 9.69 Å². The summed E-state index contributed by atoms with van der Waals surface area (Å²) in [5.74, 6) is -0.162. The lowest BCUT2D eigenvalue weighted by Crippen LogP contribution is -2.24. The van der Waals surface area contributed by atoms with Gasteiger partial charge in [-0.05, 0) is 36.2 Å². The molecule has 0 radical (unpaired) electrons. The van der Waals surface area contributed by atoms with E-state index in [0.29, 0.717) is 17.8 Å². The van der Waals surface area contributed by atoms with Gasteiger partial charge in [0.25, 0.3) is 0 Å². The molecular formula is C22H24N2O3. The van der Waals surface area contributed by atoms with Crippen LogP contribution in [-0.2, 0) is 17.9 Å². The first-order valence-corrected chi connectivity index (χ1v) is 9.16. The number of hydrogen-bond donors (Lipinski definition) is 1. The lowest BCUT2D eigenvalue weighted by molar-refractivity contribution is -0.114. The van der Waals surface area contributed by atoms with E-state index in [4.69, 9.17) is 4.42 Å². The van der Waals surface area contributed by atoms with Crippen LogP contribution in [-0.4, -0.2) is 17.4 Å². The molecule has 0 aliphatic rings. The molecule has 0 saturated carbocycles. The van der Waals surface area contributed by atoms with Crippen LogP contribution in [0.5, 0.6) is 0 Å². The van der Waals surface area contributed by atoms with Crippen molar-refractivity contribution in [2.75, 3.05) is 11.9 Å². The predicted octanol–water partition coefficient (Wildman–Crippen LogP) is 4.16. The third kappa shape index (κ3) is 5.05. The Morgan fingerprint density at radius 2 is 1.85 bits per heavy atom. The van der Waals surface area contributed by atoms with Crippen molar-refractivity contribution < 1.29 is 9.21 Å². The topological polar surface area (TPSA) is 62.6 Å². The van der Waals surface area contributed by atoms with Gasteiger partial charge in [0.05, 0.1) is 0 Å². The van der Waals surface area contributed by atoms with E-state index in [1.807, 2.05) is 30.3 Å². The summed E-state index contributed by atoms with van der Waals surface area (Å²) in [6.45, 7) is 6.00. The lowest BCUT2D eigenvalue weighted by atomic mass is 10.1. The Balaban J connectivity index is 1.91. The molecule has 5 heteroatoms. The zero-order valence-electron chi connectivity index (χ0n) is 15.7. The van der Waals surface area contributed by atoms with E-state index in [1.54, 1.807) is 12.1 Å². The van der Waals surface area contributed by atoms with Gasteiger partial charge in [0.2, 0.25) is 5.91 Å². The van der Waals surface area contributed by atoms with E-state index in [2.05, 4.69) is 29.3 Å². The van der Waals surface area contributed by atoms with Crippen LogP contribution < -0.4 is 10.9 Å². The number of fused-ring (bicyclic) bond motifs is 1. The normalized spacial score (nSPS) is 11.1. The molecule has 3 rings (SSSR count). The minimum Gasteiger partial charge on any atom is -0.423 e. The van der Waals surface area contributed by atoms with Crippen molar-refractivity contribution in [1.29, 1.82) is 0 Å². The standard InChI is InChI=1S/C22H24N2O3/c1-3-11-24(14-17-7-5-4-6-8-17)15-18-12-22(26)27-21-13-19(23-16(2)25)9-10-20(18)21/h4-10,12-13H,3,11,14-15H2,1-2H3,(H,23,25). The molecule has 3 aromatic rings. The summed E-state index contributed by atoms with van der Waals surface area (Å²) in [7, 11) is 0. The Kier molecular flexibility index (Phi) is 6.04. The smallest absolute Gasteiger partial charge is 0.336 e.